The Hall–Kier alpha value is -1.22. The number of hydrogen-bond donors (Lipinski definition) is 1. The van der Waals surface area contributed by atoms with Gasteiger partial charge in [-0.3, -0.25) is 0 Å². The van der Waals surface area contributed by atoms with Gasteiger partial charge in [0, 0.05) is 12.0 Å². The van der Waals surface area contributed by atoms with Crippen molar-refractivity contribution in [1.82, 2.24) is 5.32 Å². The topological polar surface area (TPSA) is 29.1 Å². The highest BCUT2D eigenvalue weighted by Gasteiger charge is 2.51. The zero-order valence-electron chi connectivity index (χ0n) is 10.2. The van der Waals surface area contributed by atoms with Crippen molar-refractivity contribution in [2.45, 2.75) is 42.8 Å². The molecular formula is C15H16FNO. The highest BCUT2D eigenvalue weighted by atomic mass is 19.1. The molecule has 1 unspecified atom stereocenters. The molecule has 4 rings (SSSR count). The molecule has 1 aromatic rings. The highest BCUT2D eigenvalue weighted by Crippen LogP contribution is 2.55. The average Bonchev–Trinajstić information content (AvgIpc) is 3.30. The van der Waals surface area contributed by atoms with E-state index < -0.39 is 5.67 Å². The number of fused-ring (bicyclic) bond motifs is 2. The number of hydrogen-bond acceptors (Lipinski definition) is 2. The van der Waals surface area contributed by atoms with E-state index in [1.807, 2.05) is 18.2 Å². The van der Waals surface area contributed by atoms with Crippen molar-refractivity contribution in [2.24, 2.45) is 0 Å². The van der Waals surface area contributed by atoms with Crippen LogP contribution < -0.4 is 5.32 Å². The van der Waals surface area contributed by atoms with E-state index in [-0.39, 0.29) is 11.5 Å². The van der Waals surface area contributed by atoms with E-state index in [0.717, 1.165) is 36.8 Å². The molecule has 1 spiro atoms. The summed E-state index contributed by atoms with van der Waals surface area (Å²) in [7, 11) is 0. The predicted octanol–water partition coefficient (Wildman–Crippen LogP) is 2.52. The molecular weight excluding hydrogens is 229 g/mol. The zero-order valence-corrected chi connectivity index (χ0v) is 10.2. The monoisotopic (exact) mass is 245 g/mol. The minimum atomic E-state index is -1.08. The van der Waals surface area contributed by atoms with Crippen LogP contribution in [0.5, 0.6) is 0 Å². The first-order chi connectivity index (χ1) is 8.67. The van der Waals surface area contributed by atoms with E-state index in [1.165, 1.54) is 5.56 Å². The molecule has 1 aliphatic heterocycles. The van der Waals surface area contributed by atoms with E-state index in [0.29, 0.717) is 12.8 Å². The minimum absolute atomic E-state index is 0.191. The first kappa shape index (κ1) is 10.7. The van der Waals surface area contributed by atoms with Crippen LogP contribution in [0.4, 0.5) is 4.39 Å². The lowest BCUT2D eigenvalue weighted by Gasteiger charge is -2.31. The number of carbonyl (C=O) groups is 1. The Morgan fingerprint density at radius 3 is 2.67 bits per heavy atom. The van der Waals surface area contributed by atoms with Gasteiger partial charge in [0.15, 0.2) is 0 Å². The first-order valence-corrected chi connectivity index (χ1v) is 6.69. The predicted molar refractivity (Wildman–Crippen MR) is 66.2 cm³/mol. The van der Waals surface area contributed by atoms with Crippen molar-refractivity contribution in [3.63, 3.8) is 0 Å². The molecule has 3 heteroatoms. The molecule has 3 aliphatic rings. The fourth-order valence-corrected chi connectivity index (χ4v) is 3.19. The number of alkyl halides is 1. The van der Waals surface area contributed by atoms with Crippen molar-refractivity contribution in [2.75, 3.05) is 6.54 Å². The molecule has 2 fully saturated rings. The highest BCUT2D eigenvalue weighted by molar-refractivity contribution is 5.65. The van der Waals surface area contributed by atoms with Gasteiger partial charge in [-0.1, -0.05) is 18.2 Å². The molecule has 1 aromatic carbocycles. The SMILES string of the molecule is O=CC1NCC2(CC2)c2cc(C3(F)CC3)ccc21. The fraction of sp³-hybridized carbons (Fsp3) is 0.533. The van der Waals surface area contributed by atoms with Crippen molar-refractivity contribution in [1.29, 1.82) is 0 Å². The Labute approximate surface area is 106 Å². The van der Waals surface area contributed by atoms with E-state index >= 15 is 0 Å². The lowest BCUT2D eigenvalue weighted by Crippen LogP contribution is -2.38. The summed E-state index contributed by atoms with van der Waals surface area (Å²) < 4.78 is 14.2. The third kappa shape index (κ3) is 1.34. The van der Waals surface area contributed by atoms with Crippen molar-refractivity contribution < 1.29 is 9.18 Å². The van der Waals surface area contributed by atoms with Crippen molar-refractivity contribution >= 4 is 6.29 Å². The summed E-state index contributed by atoms with van der Waals surface area (Å²) in [5.74, 6) is 0. The smallest absolute Gasteiger partial charge is 0.141 e. The van der Waals surface area contributed by atoms with Gasteiger partial charge in [-0.2, -0.15) is 0 Å². The quantitative estimate of drug-likeness (QED) is 0.811. The van der Waals surface area contributed by atoms with Gasteiger partial charge in [0.2, 0.25) is 0 Å². The van der Waals surface area contributed by atoms with Gasteiger partial charge in [0.25, 0.3) is 0 Å². The molecule has 1 heterocycles. The van der Waals surface area contributed by atoms with Crippen LogP contribution in [0.3, 0.4) is 0 Å². The Balaban J connectivity index is 1.85. The second-order valence-corrected chi connectivity index (χ2v) is 6.04. The molecule has 2 aliphatic carbocycles. The van der Waals surface area contributed by atoms with Crippen LogP contribution in [-0.2, 0) is 15.9 Å². The van der Waals surface area contributed by atoms with Crippen molar-refractivity contribution in [3.05, 3.63) is 34.9 Å². The third-order valence-electron chi connectivity index (χ3n) is 4.82. The van der Waals surface area contributed by atoms with Gasteiger partial charge >= 0.3 is 0 Å². The lowest BCUT2D eigenvalue weighted by atomic mass is 9.83. The fourth-order valence-electron chi connectivity index (χ4n) is 3.19. The van der Waals surface area contributed by atoms with E-state index in [2.05, 4.69) is 5.32 Å². The molecule has 1 atom stereocenters. The van der Waals surface area contributed by atoms with Crippen LogP contribution in [-0.4, -0.2) is 12.8 Å². The molecule has 0 saturated heterocycles. The Bertz CT molecular complexity index is 531. The maximum absolute atomic E-state index is 14.2. The summed E-state index contributed by atoms with van der Waals surface area (Å²) in [6, 6.07) is 5.64. The van der Waals surface area contributed by atoms with Gasteiger partial charge < -0.3 is 10.1 Å². The number of aldehydes is 1. The van der Waals surface area contributed by atoms with Crippen LogP contribution in [0, 0.1) is 0 Å². The summed E-state index contributed by atoms with van der Waals surface area (Å²) in [5.41, 5.74) is 2.21. The second-order valence-electron chi connectivity index (χ2n) is 6.04. The van der Waals surface area contributed by atoms with Gasteiger partial charge in [0.1, 0.15) is 12.0 Å². The average molecular weight is 245 g/mol. The van der Waals surface area contributed by atoms with Crippen LogP contribution in [0.2, 0.25) is 0 Å². The lowest BCUT2D eigenvalue weighted by molar-refractivity contribution is -0.109. The largest absolute Gasteiger partial charge is 0.303 e. The maximum atomic E-state index is 14.2. The summed E-state index contributed by atoms with van der Waals surface area (Å²) >= 11 is 0. The molecule has 0 aromatic heterocycles. The molecule has 2 nitrogen and oxygen atoms in total. The molecule has 2 saturated carbocycles. The molecule has 94 valence electrons. The third-order valence-corrected chi connectivity index (χ3v) is 4.82. The summed E-state index contributed by atoms with van der Waals surface area (Å²) in [6.45, 7) is 0.853. The van der Waals surface area contributed by atoms with Crippen LogP contribution >= 0.6 is 0 Å². The van der Waals surface area contributed by atoms with Crippen LogP contribution in [0.15, 0.2) is 18.2 Å². The molecule has 18 heavy (non-hydrogen) atoms. The van der Waals surface area contributed by atoms with E-state index in [4.69, 9.17) is 0 Å². The summed E-state index contributed by atoms with van der Waals surface area (Å²) in [6.07, 6.45) is 4.56. The van der Waals surface area contributed by atoms with Gasteiger partial charge in [-0.25, -0.2) is 4.39 Å². The van der Waals surface area contributed by atoms with E-state index in [9.17, 15) is 9.18 Å². The summed E-state index contributed by atoms with van der Waals surface area (Å²) in [4.78, 5) is 11.1. The Morgan fingerprint density at radius 2 is 2.06 bits per heavy atom. The zero-order chi connectivity index (χ0) is 12.4. The van der Waals surface area contributed by atoms with Gasteiger partial charge in [-0.05, 0) is 42.4 Å². The number of rotatable bonds is 2. The van der Waals surface area contributed by atoms with E-state index in [1.54, 1.807) is 0 Å². The Kier molecular flexibility index (Phi) is 1.90. The molecule has 0 bridgehead atoms. The maximum Gasteiger partial charge on any atom is 0.141 e. The molecule has 0 amide bonds. The number of benzene rings is 1. The van der Waals surface area contributed by atoms with Gasteiger partial charge in [-0.15, -0.1) is 0 Å². The standard InChI is InChI=1S/C15H16FNO/c16-15(5-6-15)10-1-2-11-12(7-10)14(3-4-14)9-17-13(11)8-18/h1-2,7-8,13,17H,3-6,9H2. The first-order valence-electron chi connectivity index (χ1n) is 6.69. The second kappa shape index (κ2) is 3.21. The minimum Gasteiger partial charge on any atom is -0.303 e. The number of carbonyl (C=O) groups excluding carboxylic acids is 1. The van der Waals surface area contributed by atoms with Crippen LogP contribution in [0.1, 0.15) is 48.4 Å². The van der Waals surface area contributed by atoms with Gasteiger partial charge in [0.05, 0.1) is 6.04 Å². The Morgan fingerprint density at radius 1 is 1.28 bits per heavy atom. The number of halogens is 1. The van der Waals surface area contributed by atoms with Crippen LogP contribution in [0.25, 0.3) is 0 Å². The normalized spacial score (nSPS) is 29.7. The summed E-state index contributed by atoms with van der Waals surface area (Å²) in [5, 5.41) is 3.29. The van der Waals surface area contributed by atoms with Crippen molar-refractivity contribution in [3.8, 4) is 0 Å². The molecule has 1 N–H and O–H groups in total. The molecule has 0 radical (unpaired) electrons. The number of nitrogens with one attached hydrogen (secondary N) is 1.